The van der Waals surface area contributed by atoms with Crippen LogP contribution in [0.4, 0.5) is 0 Å². The van der Waals surface area contributed by atoms with Crippen molar-refractivity contribution in [2.24, 2.45) is 0 Å². The zero-order valence-corrected chi connectivity index (χ0v) is 15.3. The summed E-state index contributed by atoms with van der Waals surface area (Å²) < 4.78 is 24.2. The second-order valence-corrected chi connectivity index (χ2v) is 14.4. The van der Waals surface area contributed by atoms with Gasteiger partial charge in [0, 0.05) is 19.8 Å². The van der Waals surface area contributed by atoms with Crippen LogP contribution in [0.3, 0.4) is 0 Å². The van der Waals surface area contributed by atoms with Crippen molar-refractivity contribution in [3.63, 3.8) is 0 Å². The van der Waals surface area contributed by atoms with Gasteiger partial charge in [-0.1, -0.05) is 0 Å². The van der Waals surface area contributed by atoms with Crippen molar-refractivity contribution < 1.29 is 17.4 Å². The Morgan fingerprint density at radius 2 is 1.26 bits per heavy atom. The van der Waals surface area contributed by atoms with Crippen LogP contribution >= 0.6 is 7.92 Å². The van der Waals surface area contributed by atoms with Crippen molar-refractivity contribution in [1.29, 1.82) is 0 Å². The molecule has 0 N–H and O–H groups in total. The molecule has 0 aliphatic carbocycles. The van der Waals surface area contributed by atoms with Crippen LogP contribution < -0.4 is 0 Å². The van der Waals surface area contributed by atoms with Gasteiger partial charge in [-0.25, -0.2) is 0 Å². The largest absolute Gasteiger partial charge is 0.669 e. The van der Waals surface area contributed by atoms with Crippen molar-refractivity contribution in [2.75, 3.05) is 38.3 Å². The molecule has 0 radical (unpaired) electrons. The third-order valence-corrected chi connectivity index (χ3v) is 15.9. The minimum Gasteiger partial charge on any atom is -0.393 e. The van der Waals surface area contributed by atoms with E-state index >= 15 is 0 Å². The van der Waals surface area contributed by atoms with Gasteiger partial charge in [0.05, 0.1) is 0 Å². The number of rotatable bonds is 8. The van der Waals surface area contributed by atoms with Gasteiger partial charge in [0.25, 0.3) is 0 Å². The summed E-state index contributed by atoms with van der Waals surface area (Å²) >= 11 is 0. The Kier molecular flexibility index (Phi) is 6.02. The van der Waals surface area contributed by atoms with E-state index in [0.29, 0.717) is 27.7 Å². The molecule has 3 saturated heterocycles. The lowest BCUT2D eigenvalue weighted by molar-refractivity contribution is 0.00607. The van der Waals surface area contributed by atoms with Gasteiger partial charge in [-0.15, -0.1) is 7.92 Å². The summed E-state index contributed by atoms with van der Waals surface area (Å²) in [4.78, 5) is 0. The quantitative estimate of drug-likeness (QED) is 0.508. The lowest BCUT2D eigenvalue weighted by Gasteiger charge is -2.47. The Bertz CT molecular complexity index is 254. The molecule has 0 unspecified atom stereocenters. The van der Waals surface area contributed by atoms with E-state index in [2.05, 4.69) is 0 Å². The van der Waals surface area contributed by atoms with Crippen LogP contribution in [0.2, 0.25) is 18.1 Å². The monoisotopic (exact) mass is 322 g/mol. The fourth-order valence-electron chi connectivity index (χ4n) is 2.96. The smallest absolute Gasteiger partial charge is 0.393 e. The number of hydrogen-bond donors (Lipinski definition) is 0. The fourth-order valence-corrected chi connectivity index (χ4v) is 18.4. The van der Waals surface area contributed by atoms with Crippen molar-refractivity contribution >= 4 is 25.3 Å². The summed E-state index contributed by atoms with van der Waals surface area (Å²) in [5, 5.41) is 0. The average molecular weight is 322 g/mol. The van der Waals surface area contributed by atoms with Crippen molar-refractivity contribution in [3.8, 4) is 0 Å². The Morgan fingerprint density at radius 3 is 1.63 bits per heavy atom. The molecule has 0 atom stereocenters. The van der Waals surface area contributed by atoms with Crippen molar-refractivity contribution in [3.05, 3.63) is 0 Å². The molecule has 0 aromatic heterocycles. The summed E-state index contributed by atoms with van der Waals surface area (Å²) in [6.07, 6.45) is 4.24. The molecule has 0 saturated carbocycles. The molecule has 112 valence electrons. The van der Waals surface area contributed by atoms with Crippen LogP contribution in [0.1, 0.15) is 20.8 Å². The van der Waals surface area contributed by atoms with E-state index in [1.165, 1.54) is 36.6 Å². The maximum Gasteiger partial charge on any atom is 0.669 e. The zero-order chi connectivity index (χ0) is 13.8. The predicted octanol–water partition coefficient (Wildman–Crippen LogP) is 3.00. The number of hydrogen-bond acceptors (Lipinski definition) is 4. The third-order valence-electron chi connectivity index (χ3n) is 3.96. The Hall–Kier alpha value is 0.704. The van der Waals surface area contributed by atoms with E-state index in [1.807, 2.05) is 20.8 Å². The summed E-state index contributed by atoms with van der Waals surface area (Å²) in [6, 6.07) is 3.92. The maximum absolute atomic E-state index is 6.60. The Morgan fingerprint density at radius 1 is 0.842 bits per heavy atom. The van der Waals surface area contributed by atoms with Crippen LogP contribution in [-0.4, -0.2) is 55.7 Å². The zero-order valence-electron chi connectivity index (χ0n) is 12.4. The van der Waals surface area contributed by atoms with Gasteiger partial charge >= 0.3 is 9.05 Å². The van der Waals surface area contributed by atoms with E-state index in [-0.39, 0.29) is 0 Å². The van der Waals surface area contributed by atoms with E-state index in [4.69, 9.17) is 17.4 Å². The van der Waals surface area contributed by atoms with Gasteiger partial charge < -0.3 is 17.4 Å². The highest BCUT2D eigenvalue weighted by Crippen LogP contribution is 2.54. The standard InChI is InChI=1S/C12H27O4PSi2/c1-4-13-19(14-5-2,15-6-3)16-18-10-7-17(8-11-18)9-12-18/h4-12H2,1-3H3. The molecule has 3 aliphatic rings. The molecular formula is C12H27O4PSi2. The molecule has 0 aromatic carbocycles. The molecule has 3 aliphatic heterocycles. The maximum atomic E-state index is 6.60. The molecule has 3 fully saturated rings. The molecular weight excluding hydrogens is 295 g/mol. The second kappa shape index (κ2) is 7.12. The molecule has 0 spiro atoms. The Balaban J connectivity index is 2.08. The Labute approximate surface area is 120 Å². The molecule has 0 aromatic rings. The summed E-state index contributed by atoms with van der Waals surface area (Å²) in [6.45, 7) is 7.77. The molecule has 4 nitrogen and oxygen atoms in total. The molecule has 19 heavy (non-hydrogen) atoms. The minimum atomic E-state index is -2.88. The molecule has 0 amide bonds. The van der Waals surface area contributed by atoms with Gasteiger partial charge in [0.1, 0.15) is 0 Å². The predicted molar refractivity (Wildman–Crippen MR) is 83.4 cm³/mol. The van der Waals surface area contributed by atoms with Crippen LogP contribution in [0.5, 0.6) is 0 Å². The van der Waals surface area contributed by atoms with Crippen LogP contribution in [-0.2, 0) is 17.4 Å². The highest BCUT2D eigenvalue weighted by molar-refractivity contribution is 7.59. The van der Waals surface area contributed by atoms with Gasteiger partial charge in [-0.3, -0.25) is 0 Å². The molecule has 3 rings (SSSR count). The van der Waals surface area contributed by atoms with Gasteiger partial charge in [-0.05, 0) is 57.4 Å². The third kappa shape index (κ3) is 3.87. The summed E-state index contributed by atoms with van der Waals surface area (Å²) in [5.74, 6) is 0. The van der Waals surface area contributed by atoms with Gasteiger partial charge in [-0.2, -0.15) is 0 Å². The number of fused-ring (bicyclic) bond motifs is 3. The first kappa shape index (κ1) is 16.1. The van der Waals surface area contributed by atoms with E-state index < -0.39 is 17.4 Å². The van der Waals surface area contributed by atoms with Crippen LogP contribution in [0.15, 0.2) is 0 Å². The first-order valence-electron chi connectivity index (χ1n) is 7.52. The SMILES string of the molecule is CCO[Si](OCC)(OCC)O[Si]12CCP(CC1)CC2. The molecule has 3 heterocycles. The van der Waals surface area contributed by atoms with Crippen LogP contribution in [0.25, 0.3) is 0 Å². The van der Waals surface area contributed by atoms with E-state index in [1.54, 1.807) is 0 Å². The van der Waals surface area contributed by atoms with Gasteiger partial charge in [0.2, 0.25) is 0 Å². The van der Waals surface area contributed by atoms with Crippen molar-refractivity contribution in [1.82, 2.24) is 0 Å². The van der Waals surface area contributed by atoms with Crippen LogP contribution in [0, 0.1) is 0 Å². The van der Waals surface area contributed by atoms with E-state index in [0.717, 1.165) is 0 Å². The normalized spacial score (nSPS) is 30.8. The summed E-state index contributed by atoms with van der Waals surface area (Å²) in [7, 11) is -4.17. The second-order valence-electron chi connectivity index (χ2n) is 5.18. The van der Waals surface area contributed by atoms with Gasteiger partial charge in [0.15, 0.2) is 8.32 Å². The lowest BCUT2D eigenvalue weighted by Crippen LogP contribution is -2.60. The molecule has 7 heteroatoms. The highest BCUT2D eigenvalue weighted by Gasteiger charge is 2.55. The summed E-state index contributed by atoms with van der Waals surface area (Å²) in [5.41, 5.74) is 0. The van der Waals surface area contributed by atoms with E-state index in [9.17, 15) is 0 Å². The highest BCUT2D eigenvalue weighted by atomic mass is 31.1. The molecule has 2 bridgehead atoms. The first-order chi connectivity index (χ1) is 9.17. The fraction of sp³-hybridized carbons (Fsp3) is 1.00. The lowest BCUT2D eigenvalue weighted by atomic mass is 10.8. The minimum absolute atomic E-state index is 0.347. The topological polar surface area (TPSA) is 36.9 Å². The van der Waals surface area contributed by atoms with Crippen molar-refractivity contribution in [2.45, 2.75) is 38.9 Å². The average Bonchev–Trinajstić information content (AvgIpc) is 2.41. The first-order valence-corrected chi connectivity index (χ1v) is 13.6.